The number of hydrogen-bond acceptors (Lipinski definition) is 1. The van der Waals surface area contributed by atoms with Crippen LogP contribution in [-0.4, -0.2) is 6.61 Å². The summed E-state index contributed by atoms with van der Waals surface area (Å²) >= 11 is 3.40. The van der Waals surface area contributed by atoms with E-state index in [0.29, 0.717) is 6.10 Å². The highest BCUT2D eigenvalue weighted by molar-refractivity contribution is 9.10. The first-order chi connectivity index (χ1) is 4.86. The summed E-state index contributed by atoms with van der Waals surface area (Å²) in [5.74, 6) is 0. The highest BCUT2D eigenvalue weighted by atomic mass is 79.9. The van der Waals surface area contributed by atoms with Crippen molar-refractivity contribution in [2.24, 2.45) is 0 Å². The van der Waals surface area contributed by atoms with Crippen molar-refractivity contribution in [3.8, 4) is 0 Å². The Labute approximate surface area is 68.1 Å². The molecule has 2 rings (SSSR count). The minimum absolute atomic E-state index is 0.373. The molecule has 0 N–H and O–H groups in total. The lowest BCUT2D eigenvalue weighted by Gasteiger charge is -1.94. The SMILES string of the molecule is Brc1cccc(C2CO2)c1. The van der Waals surface area contributed by atoms with Gasteiger partial charge >= 0.3 is 0 Å². The van der Waals surface area contributed by atoms with E-state index in [-0.39, 0.29) is 0 Å². The molecular weight excluding hydrogens is 192 g/mol. The average Bonchev–Trinajstić information content (AvgIpc) is 2.68. The Morgan fingerprint density at radius 3 is 2.90 bits per heavy atom. The number of hydrogen-bond donors (Lipinski definition) is 0. The fourth-order valence-electron chi connectivity index (χ4n) is 0.947. The number of benzene rings is 1. The quantitative estimate of drug-likeness (QED) is 0.633. The maximum atomic E-state index is 5.13. The van der Waals surface area contributed by atoms with Crippen molar-refractivity contribution in [1.29, 1.82) is 0 Å². The molecule has 0 aromatic heterocycles. The standard InChI is InChI=1S/C8H7BrO/c9-7-3-1-2-6(4-7)8-5-10-8/h1-4,8H,5H2. The van der Waals surface area contributed by atoms with Crippen LogP contribution in [0, 0.1) is 0 Å². The average molecular weight is 199 g/mol. The first-order valence-corrected chi connectivity index (χ1v) is 4.02. The monoisotopic (exact) mass is 198 g/mol. The fourth-order valence-corrected chi connectivity index (χ4v) is 1.36. The van der Waals surface area contributed by atoms with Gasteiger partial charge in [-0.05, 0) is 17.7 Å². The van der Waals surface area contributed by atoms with E-state index >= 15 is 0 Å². The lowest BCUT2D eigenvalue weighted by atomic mass is 10.2. The number of rotatable bonds is 1. The molecule has 0 bridgehead atoms. The van der Waals surface area contributed by atoms with Crippen LogP contribution in [0.4, 0.5) is 0 Å². The van der Waals surface area contributed by atoms with Crippen LogP contribution in [0.2, 0.25) is 0 Å². The van der Waals surface area contributed by atoms with E-state index in [1.807, 2.05) is 12.1 Å². The number of epoxide rings is 1. The Morgan fingerprint density at radius 2 is 2.30 bits per heavy atom. The van der Waals surface area contributed by atoms with Gasteiger partial charge in [0.05, 0.1) is 6.61 Å². The predicted molar refractivity (Wildman–Crippen MR) is 42.8 cm³/mol. The number of halogens is 1. The normalized spacial score (nSPS) is 22.7. The zero-order chi connectivity index (χ0) is 6.97. The Bertz CT molecular complexity index is 243. The summed E-state index contributed by atoms with van der Waals surface area (Å²) in [5.41, 5.74) is 1.27. The largest absolute Gasteiger partial charge is 0.368 e. The van der Waals surface area contributed by atoms with Crippen molar-refractivity contribution in [1.82, 2.24) is 0 Å². The van der Waals surface area contributed by atoms with Gasteiger partial charge < -0.3 is 4.74 Å². The van der Waals surface area contributed by atoms with Gasteiger partial charge in [-0.15, -0.1) is 0 Å². The maximum Gasteiger partial charge on any atom is 0.106 e. The van der Waals surface area contributed by atoms with E-state index in [9.17, 15) is 0 Å². The van der Waals surface area contributed by atoms with Crippen molar-refractivity contribution >= 4 is 15.9 Å². The van der Waals surface area contributed by atoms with Crippen LogP contribution in [0.1, 0.15) is 11.7 Å². The molecule has 0 spiro atoms. The van der Waals surface area contributed by atoms with E-state index in [4.69, 9.17) is 4.74 Å². The van der Waals surface area contributed by atoms with Crippen molar-refractivity contribution in [3.63, 3.8) is 0 Å². The molecule has 10 heavy (non-hydrogen) atoms. The van der Waals surface area contributed by atoms with E-state index in [0.717, 1.165) is 11.1 Å². The molecule has 1 atom stereocenters. The van der Waals surface area contributed by atoms with Crippen LogP contribution < -0.4 is 0 Å². The van der Waals surface area contributed by atoms with Crippen molar-refractivity contribution in [3.05, 3.63) is 34.3 Å². The van der Waals surface area contributed by atoms with Gasteiger partial charge in [-0.2, -0.15) is 0 Å². The Balaban J connectivity index is 2.32. The van der Waals surface area contributed by atoms with Crippen LogP contribution in [-0.2, 0) is 4.74 Å². The van der Waals surface area contributed by atoms with Crippen molar-refractivity contribution < 1.29 is 4.74 Å². The molecule has 0 radical (unpaired) electrons. The summed E-state index contributed by atoms with van der Waals surface area (Å²) in [5, 5.41) is 0. The zero-order valence-electron chi connectivity index (χ0n) is 5.38. The molecule has 0 amide bonds. The van der Waals surface area contributed by atoms with Crippen LogP contribution in [0.15, 0.2) is 28.7 Å². The second kappa shape index (κ2) is 2.36. The van der Waals surface area contributed by atoms with Gasteiger partial charge in [0.1, 0.15) is 6.10 Å². The molecule has 1 heterocycles. The molecule has 0 aliphatic carbocycles. The van der Waals surface area contributed by atoms with Gasteiger partial charge in [-0.1, -0.05) is 28.1 Å². The summed E-state index contributed by atoms with van der Waals surface area (Å²) in [6.07, 6.45) is 0.373. The second-order valence-corrected chi connectivity index (χ2v) is 3.29. The number of ether oxygens (including phenoxy) is 1. The smallest absolute Gasteiger partial charge is 0.106 e. The van der Waals surface area contributed by atoms with E-state index in [2.05, 4.69) is 28.1 Å². The summed E-state index contributed by atoms with van der Waals surface area (Å²) in [6, 6.07) is 8.23. The third-order valence-corrected chi connectivity index (χ3v) is 2.05. The van der Waals surface area contributed by atoms with Gasteiger partial charge in [0.25, 0.3) is 0 Å². The lowest BCUT2D eigenvalue weighted by molar-refractivity contribution is 0.415. The van der Waals surface area contributed by atoms with Crippen LogP contribution in [0.3, 0.4) is 0 Å². The van der Waals surface area contributed by atoms with E-state index in [1.165, 1.54) is 5.56 Å². The van der Waals surface area contributed by atoms with Crippen LogP contribution >= 0.6 is 15.9 Å². The highest BCUT2D eigenvalue weighted by Gasteiger charge is 2.24. The van der Waals surface area contributed by atoms with Crippen LogP contribution in [0.25, 0.3) is 0 Å². The molecule has 1 aliphatic heterocycles. The minimum Gasteiger partial charge on any atom is -0.368 e. The molecule has 1 unspecified atom stereocenters. The lowest BCUT2D eigenvalue weighted by Crippen LogP contribution is -1.77. The molecule has 1 saturated heterocycles. The van der Waals surface area contributed by atoms with E-state index in [1.54, 1.807) is 0 Å². The molecular formula is C8H7BrO. The molecule has 1 fully saturated rings. The van der Waals surface area contributed by atoms with Gasteiger partial charge in [0.15, 0.2) is 0 Å². The minimum atomic E-state index is 0.373. The fraction of sp³-hybridized carbons (Fsp3) is 0.250. The molecule has 2 heteroatoms. The predicted octanol–water partition coefficient (Wildman–Crippen LogP) is 2.52. The topological polar surface area (TPSA) is 12.5 Å². The summed E-state index contributed by atoms with van der Waals surface area (Å²) in [7, 11) is 0. The third-order valence-electron chi connectivity index (χ3n) is 1.55. The third kappa shape index (κ3) is 1.22. The molecule has 1 aliphatic rings. The molecule has 0 saturated carbocycles. The maximum absolute atomic E-state index is 5.13. The first-order valence-electron chi connectivity index (χ1n) is 3.23. The van der Waals surface area contributed by atoms with Crippen molar-refractivity contribution in [2.45, 2.75) is 6.10 Å². The molecule has 1 nitrogen and oxygen atoms in total. The van der Waals surface area contributed by atoms with Gasteiger partial charge in [0.2, 0.25) is 0 Å². The van der Waals surface area contributed by atoms with Gasteiger partial charge in [-0.25, -0.2) is 0 Å². The Morgan fingerprint density at radius 1 is 1.50 bits per heavy atom. The van der Waals surface area contributed by atoms with Crippen molar-refractivity contribution in [2.75, 3.05) is 6.61 Å². The molecule has 1 aromatic carbocycles. The summed E-state index contributed by atoms with van der Waals surface area (Å²) in [4.78, 5) is 0. The summed E-state index contributed by atoms with van der Waals surface area (Å²) in [6.45, 7) is 0.885. The van der Waals surface area contributed by atoms with E-state index < -0.39 is 0 Å². The molecule has 52 valence electrons. The second-order valence-electron chi connectivity index (χ2n) is 2.38. The van der Waals surface area contributed by atoms with Crippen LogP contribution in [0.5, 0.6) is 0 Å². The highest BCUT2D eigenvalue weighted by Crippen LogP contribution is 2.30. The summed E-state index contributed by atoms with van der Waals surface area (Å²) < 4.78 is 6.25. The van der Waals surface area contributed by atoms with Gasteiger partial charge in [-0.3, -0.25) is 0 Å². The Kier molecular flexibility index (Phi) is 1.51. The molecule has 1 aromatic rings. The van der Waals surface area contributed by atoms with Gasteiger partial charge in [0, 0.05) is 4.47 Å². The first kappa shape index (κ1) is 6.38. The zero-order valence-corrected chi connectivity index (χ0v) is 6.97. The Hall–Kier alpha value is -0.340.